The van der Waals surface area contributed by atoms with Crippen LogP contribution in [0.3, 0.4) is 0 Å². The first-order chi connectivity index (χ1) is 10.8. The van der Waals surface area contributed by atoms with Crippen LogP contribution in [0.1, 0.15) is 24.8 Å². The van der Waals surface area contributed by atoms with E-state index in [1.54, 1.807) is 0 Å². The molecule has 2 saturated heterocycles. The molecule has 5 nitrogen and oxygen atoms in total. The molecule has 2 heterocycles. The molecule has 3 rings (SSSR count). The van der Waals surface area contributed by atoms with Gasteiger partial charge < -0.3 is 19.7 Å². The van der Waals surface area contributed by atoms with Crippen molar-refractivity contribution in [1.29, 1.82) is 0 Å². The van der Waals surface area contributed by atoms with Gasteiger partial charge in [0.05, 0.1) is 13.2 Å². The molecule has 0 unspecified atom stereocenters. The number of likely N-dealkylation sites (tertiary alicyclic amines) is 1. The number of hydrogen-bond acceptors (Lipinski definition) is 4. The lowest BCUT2D eigenvalue weighted by Crippen LogP contribution is -2.45. The third-order valence-electron chi connectivity index (χ3n) is 4.42. The van der Waals surface area contributed by atoms with Crippen LogP contribution in [0.2, 0.25) is 0 Å². The Morgan fingerprint density at radius 2 is 1.82 bits per heavy atom. The van der Waals surface area contributed by atoms with Gasteiger partial charge in [0.2, 0.25) is 5.91 Å². The number of carbonyl (C=O) groups excluding carboxylic acids is 1. The van der Waals surface area contributed by atoms with Crippen molar-refractivity contribution >= 4 is 5.91 Å². The van der Waals surface area contributed by atoms with E-state index in [0.717, 1.165) is 38.0 Å². The van der Waals surface area contributed by atoms with E-state index >= 15 is 0 Å². The molecule has 1 amide bonds. The van der Waals surface area contributed by atoms with E-state index in [1.165, 1.54) is 0 Å². The smallest absolute Gasteiger partial charge is 0.221 e. The number of nitrogens with one attached hydrogen (secondary N) is 1. The molecule has 2 aliphatic rings. The zero-order chi connectivity index (χ0) is 15.3. The van der Waals surface area contributed by atoms with Crippen molar-refractivity contribution in [2.24, 2.45) is 0 Å². The SMILES string of the molecule is O=C(CCN1CCC2(CC1)OCCO2)NCc1ccccc1. The molecule has 2 aliphatic heterocycles. The van der Waals surface area contributed by atoms with E-state index in [2.05, 4.69) is 10.2 Å². The molecule has 1 aromatic rings. The van der Waals surface area contributed by atoms with Crippen molar-refractivity contribution in [1.82, 2.24) is 10.2 Å². The van der Waals surface area contributed by atoms with Crippen molar-refractivity contribution in [3.05, 3.63) is 35.9 Å². The maximum absolute atomic E-state index is 11.9. The third-order valence-corrected chi connectivity index (χ3v) is 4.42. The van der Waals surface area contributed by atoms with Gasteiger partial charge >= 0.3 is 0 Å². The van der Waals surface area contributed by atoms with Crippen LogP contribution < -0.4 is 5.32 Å². The normalized spacial score (nSPS) is 21.1. The standard InChI is InChI=1S/C17H24N2O3/c20-16(18-14-15-4-2-1-3-5-15)6-9-19-10-7-17(8-11-19)21-12-13-22-17/h1-5H,6-14H2,(H,18,20). The Labute approximate surface area is 131 Å². The van der Waals surface area contributed by atoms with Gasteiger partial charge in [-0.25, -0.2) is 0 Å². The van der Waals surface area contributed by atoms with E-state index in [4.69, 9.17) is 9.47 Å². The molecule has 1 spiro atoms. The van der Waals surface area contributed by atoms with Gasteiger partial charge in [0.1, 0.15) is 0 Å². The Hall–Kier alpha value is -1.43. The zero-order valence-corrected chi connectivity index (χ0v) is 12.9. The summed E-state index contributed by atoms with van der Waals surface area (Å²) in [5.41, 5.74) is 1.13. The minimum Gasteiger partial charge on any atom is -0.352 e. The fourth-order valence-corrected chi connectivity index (χ4v) is 3.05. The fraction of sp³-hybridized carbons (Fsp3) is 0.588. The van der Waals surface area contributed by atoms with Crippen LogP contribution in [0.15, 0.2) is 30.3 Å². The van der Waals surface area contributed by atoms with Gasteiger partial charge in [-0.15, -0.1) is 0 Å². The Balaban J connectivity index is 1.34. The molecular weight excluding hydrogens is 280 g/mol. The second kappa shape index (κ2) is 7.22. The molecule has 0 atom stereocenters. The number of rotatable bonds is 5. The number of amides is 1. The van der Waals surface area contributed by atoms with Crippen molar-refractivity contribution in [3.8, 4) is 0 Å². The number of piperidine rings is 1. The van der Waals surface area contributed by atoms with Crippen molar-refractivity contribution in [2.75, 3.05) is 32.8 Å². The van der Waals surface area contributed by atoms with Crippen LogP contribution in [0.5, 0.6) is 0 Å². The van der Waals surface area contributed by atoms with Crippen molar-refractivity contribution in [3.63, 3.8) is 0 Å². The summed E-state index contributed by atoms with van der Waals surface area (Å²) in [6.07, 6.45) is 2.35. The molecule has 1 N–H and O–H groups in total. The van der Waals surface area contributed by atoms with Crippen molar-refractivity contribution in [2.45, 2.75) is 31.6 Å². The summed E-state index contributed by atoms with van der Waals surface area (Å²) in [6.45, 7) is 4.70. The number of benzene rings is 1. The molecule has 0 radical (unpaired) electrons. The molecule has 1 aromatic carbocycles. The summed E-state index contributed by atoms with van der Waals surface area (Å²) < 4.78 is 11.4. The topological polar surface area (TPSA) is 50.8 Å². The monoisotopic (exact) mass is 304 g/mol. The fourth-order valence-electron chi connectivity index (χ4n) is 3.05. The van der Waals surface area contributed by atoms with E-state index in [0.29, 0.717) is 26.2 Å². The van der Waals surface area contributed by atoms with Gasteiger partial charge in [-0.1, -0.05) is 30.3 Å². The molecule has 0 aliphatic carbocycles. The van der Waals surface area contributed by atoms with Gasteiger partial charge in [-0.05, 0) is 5.56 Å². The third kappa shape index (κ3) is 4.06. The van der Waals surface area contributed by atoms with Gasteiger partial charge in [-0.3, -0.25) is 4.79 Å². The highest BCUT2D eigenvalue weighted by atomic mass is 16.7. The maximum Gasteiger partial charge on any atom is 0.221 e. The first-order valence-electron chi connectivity index (χ1n) is 8.07. The predicted octanol–water partition coefficient (Wildman–Crippen LogP) is 1.53. The lowest BCUT2D eigenvalue weighted by Gasteiger charge is -2.37. The van der Waals surface area contributed by atoms with Gasteiger partial charge in [-0.2, -0.15) is 0 Å². The largest absolute Gasteiger partial charge is 0.352 e. The van der Waals surface area contributed by atoms with Crippen LogP contribution in [0.4, 0.5) is 0 Å². The molecular formula is C17H24N2O3. The van der Waals surface area contributed by atoms with Crippen molar-refractivity contribution < 1.29 is 14.3 Å². The van der Waals surface area contributed by atoms with Crippen LogP contribution in [-0.2, 0) is 20.8 Å². The van der Waals surface area contributed by atoms with E-state index in [9.17, 15) is 4.79 Å². The van der Waals surface area contributed by atoms with Gasteiger partial charge in [0.25, 0.3) is 0 Å². The Bertz CT molecular complexity index is 476. The lowest BCUT2D eigenvalue weighted by atomic mass is 10.0. The summed E-state index contributed by atoms with van der Waals surface area (Å²) in [4.78, 5) is 14.2. The summed E-state index contributed by atoms with van der Waals surface area (Å²) >= 11 is 0. The van der Waals surface area contributed by atoms with E-state index < -0.39 is 0 Å². The van der Waals surface area contributed by atoms with Crippen LogP contribution in [0.25, 0.3) is 0 Å². The molecule has 0 saturated carbocycles. The molecule has 22 heavy (non-hydrogen) atoms. The van der Waals surface area contributed by atoms with Crippen LogP contribution in [0, 0.1) is 0 Å². The first kappa shape index (κ1) is 15.5. The zero-order valence-electron chi connectivity index (χ0n) is 12.9. The predicted molar refractivity (Wildman–Crippen MR) is 83.2 cm³/mol. The molecule has 0 bridgehead atoms. The number of hydrogen-bond donors (Lipinski definition) is 1. The summed E-state index contributed by atoms with van der Waals surface area (Å²) in [5.74, 6) is -0.219. The summed E-state index contributed by atoms with van der Waals surface area (Å²) in [7, 11) is 0. The minimum atomic E-state index is -0.327. The summed E-state index contributed by atoms with van der Waals surface area (Å²) in [6, 6.07) is 9.99. The maximum atomic E-state index is 11.9. The Morgan fingerprint density at radius 3 is 2.50 bits per heavy atom. The molecule has 120 valence electrons. The van der Waals surface area contributed by atoms with Gasteiger partial charge in [0, 0.05) is 45.4 Å². The molecule has 2 fully saturated rings. The average molecular weight is 304 g/mol. The highest BCUT2D eigenvalue weighted by Gasteiger charge is 2.39. The number of nitrogens with zero attached hydrogens (tertiary/aromatic N) is 1. The van der Waals surface area contributed by atoms with Crippen LogP contribution in [-0.4, -0.2) is 49.4 Å². The molecule has 5 heteroatoms. The lowest BCUT2D eigenvalue weighted by molar-refractivity contribution is -0.185. The summed E-state index contributed by atoms with van der Waals surface area (Å²) in [5, 5.41) is 2.97. The van der Waals surface area contributed by atoms with Gasteiger partial charge in [0.15, 0.2) is 5.79 Å². The first-order valence-corrected chi connectivity index (χ1v) is 8.07. The highest BCUT2D eigenvalue weighted by Crippen LogP contribution is 2.31. The minimum absolute atomic E-state index is 0.109. The number of carbonyl (C=O) groups is 1. The molecule has 0 aromatic heterocycles. The van der Waals surface area contributed by atoms with E-state index in [1.807, 2.05) is 30.3 Å². The van der Waals surface area contributed by atoms with Crippen LogP contribution >= 0.6 is 0 Å². The number of ether oxygens (including phenoxy) is 2. The second-order valence-electron chi connectivity index (χ2n) is 5.96. The quantitative estimate of drug-likeness (QED) is 0.896. The Morgan fingerprint density at radius 1 is 1.14 bits per heavy atom. The van der Waals surface area contributed by atoms with E-state index in [-0.39, 0.29) is 11.7 Å². The highest BCUT2D eigenvalue weighted by molar-refractivity contribution is 5.76. The average Bonchev–Trinajstić information content (AvgIpc) is 3.02. The Kier molecular flexibility index (Phi) is 5.08. The second-order valence-corrected chi connectivity index (χ2v) is 5.96.